The number of hydrogen-bond acceptors (Lipinski definition) is 3. The quantitative estimate of drug-likeness (QED) is 0.523. The first-order chi connectivity index (χ1) is 6.07. The Kier molecular flexibility index (Phi) is 2.46. The number of benzene rings is 1. The summed E-state index contributed by atoms with van der Waals surface area (Å²) in [5, 5.41) is 10.4. The standard InChI is InChI=1S/C8H8FNO3/c1-5-6(9)3-4-7(10(11)12)8(5)13-2/h3-4H,1-2H3. The summed E-state index contributed by atoms with van der Waals surface area (Å²) >= 11 is 0. The molecule has 5 heteroatoms. The van der Waals surface area contributed by atoms with Crippen molar-refractivity contribution in [2.45, 2.75) is 6.92 Å². The molecule has 70 valence electrons. The van der Waals surface area contributed by atoms with Gasteiger partial charge >= 0.3 is 5.69 Å². The monoisotopic (exact) mass is 185 g/mol. The molecule has 0 saturated carbocycles. The maximum Gasteiger partial charge on any atom is 0.311 e. The topological polar surface area (TPSA) is 52.4 Å². The summed E-state index contributed by atoms with van der Waals surface area (Å²) in [6.07, 6.45) is 0. The van der Waals surface area contributed by atoms with E-state index in [1.807, 2.05) is 0 Å². The molecule has 0 atom stereocenters. The normalized spacial score (nSPS) is 9.77. The lowest BCUT2D eigenvalue weighted by Gasteiger charge is -2.05. The molecule has 0 spiro atoms. The molecule has 1 aromatic rings. The Balaban J connectivity index is 3.38. The van der Waals surface area contributed by atoms with E-state index in [2.05, 4.69) is 0 Å². The Morgan fingerprint density at radius 3 is 2.62 bits per heavy atom. The van der Waals surface area contributed by atoms with E-state index < -0.39 is 10.7 Å². The Bertz CT molecular complexity index is 351. The van der Waals surface area contributed by atoms with Crippen LogP contribution in [0.5, 0.6) is 5.75 Å². The minimum Gasteiger partial charge on any atom is -0.490 e. The second-order valence-electron chi connectivity index (χ2n) is 2.48. The molecule has 0 amide bonds. The van der Waals surface area contributed by atoms with Gasteiger partial charge in [0.2, 0.25) is 5.75 Å². The van der Waals surface area contributed by atoms with Crippen LogP contribution >= 0.6 is 0 Å². The Morgan fingerprint density at radius 2 is 2.15 bits per heavy atom. The lowest BCUT2D eigenvalue weighted by Crippen LogP contribution is -1.97. The van der Waals surface area contributed by atoms with Crippen molar-refractivity contribution in [3.05, 3.63) is 33.6 Å². The van der Waals surface area contributed by atoms with Crippen LogP contribution in [0.25, 0.3) is 0 Å². The minimum absolute atomic E-state index is 0.0231. The summed E-state index contributed by atoms with van der Waals surface area (Å²) in [5.74, 6) is -0.535. The van der Waals surface area contributed by atoms with Gasteiger partial charge in [-0.15, -0.1) is 0 Å². The van der Waals surface area contributed by atoms with Crippen LogP contribution in [0.15, 0.2) is 12.1 Å². The van der Waals surface area contributed by atoms with E-state index in [1.165, 1.54) is 14.0 Å². The average Bonchev–Trinajstić information content (AvgIpc) is 2.09. The van der Waals surface area contributed by atoms with Crippen molar-refractivity contribution in [3.8, 4) is 5.75 Å². The van der Waals surface area contributed by atoms with Gasteiger partial charge in [0.25, 0.3) is 0 Å². The number of hydrogen-bond donors (Lipinski definition) is 0. The molecule has 0 bridgehead atoms. The van der Waals surface area contributed by atoms with Crippen LogP contribution in [0.3, 0.4) is 0 Å². The highest BCUT2D eigenvalue weighted by atomic mass is 19.1. The van der Waals surface area contributed by atoms with Crippen molar-refractivity contribution < 1.29 is 14.1 Å². The molecule has 0 saturated heterocycles. The van der Waals surface area contributed by atoms with Crippen LogP contribution in [-0.2, 0) is 0 Å². The molecule has 0 fully saturated rings. The first kappa shape index (κ1) is 9.44. The second kappa shape index (κ2) is 3.38. The molecule has 1 aromatic carbocycles. The van der Waals surface area contributed by atoms with Gasteiger partial charge in [0.1, 0.15) is 5.82 Å². The fourth-order valence-electron chi connectivity index (χ4n) is 1.05. The third-order valence-electron chi connectivity index (χ3n) is 1.72. The van der Waals surface area contributed by atoms with E-state index in [-0.39, 0.29) is 17.0 Å². The molecule has 0 aliphatic carbocycles. The van der Waals surface area contributed by atoms with Gasteiger partial charge in [0.15, 0.2) is 0 Å². The van der Waals surface area contributed by atoms with E-state index in [9.17, 15) is 14.5 Å². The van der Waals surface area contributed by atoms with E-state index in [1.54, 1.807) is 0 Å². The van der Waals surface area contributed by atoms with Crippen molar-refractivity contribution in [2.75, 3.05) is 7.11 Å². The van der Waals surface area contributed by atoms with Crippen molar-refractivity contribution >= 4 is 5.69 Å². The van der Waals surface area contributed by atoms with Gasteiger partial charge in [-0.25, -0.2) is 4.39 Å². The van der Waals surface area contributed by atoms with Crippen molar-refractivity contribution in [3.63, 3.8) is 0 Å². The van der Waals surface area contributed by atoms with E-state index in [0.717, 1.165) is 12.1 Å². The van der Waals surface area contributed by atoms with Gasteiger partial charge in [0, 0.05) is 11.6 Å². The number of methoxy groups -OCH3 is 1. The molecule has 13 heavy (non-hydrogen) atoms. The number of nitro groups is 1. The Labute approximate surface area is 74.1 Å². The molecule has 0 radical (unpaired) electrons. The lowest BCUT2D eigenvalue weighted by molar-refractivity contribution is -0.385. The molecule has 0 aliphatic heterocycles. The zero-order valence-electron chi connectivity index (χ0n) is 7.20. The zero-order valence-corrected chi connectivity index (χ0v) is 7.20. The molecule has 0 aromatic heterocycles. The number of rotatable bonds is 2. The van der Waals surface area contributed by atoms with Gasteiger partial charge in [-0.2, -0.15) is 0 Å². The van der Waals surface area contributed by atoms with Crippen LogP contribution < -0.4 is 4.74 Å². The molecular weight excluding hydrogens is 177 g/mol. The van der Waals surface area contributed by atoms with Gasteiger partial charge in [0.05, 0.1) is 12.0 Å². The van der Waals surface area contributed by atoms with Gasteiger partial charge < -0.3 is 4.74 Å². The number of halogens is 1. The van der Waals surface area contributed by atoms with Crippen LogP contribution in [0.1, 0.15) is 5.56 Å². The predicted molar refractivity (Wildman–Crippen MR) is 44.3 cm³/mol. The maximum atomic E-state index is 12.9. The van der Waals surface area contributed by atoms with Gasteiger partial charge in [-0.1, -0.05) is 0 Å². The third-order valence-corrected chi connectivity index (χ3v) is 1.72. The predicted octanol–water partition coefficient (Wildman–Crippen LogP) is 2.05. The smallest absolute Gasteiger partial charge is 0.311 e. The minimum atomic E-state index is -0.606. The molecule has 0 heterocycles. The van der Waals surface area contributed by atoms with Crippen LogP contribution in [0.2, 0.25) is 0 Å². The summed E-state index contributed by atoms with van der Waals surface area (Å²) in [6.45, 7) is 1.43. The average molecular weight is 185 g/mol. The lowest BCUT2D eigenvalue weighted by atomic mass is 10.2. The van der Waals surface area contributed by atoms with Crippen molar-refractivity contribution in [2.24, 2.45) is 0 Å². The Morgan fingerprint density at radius 1 is 1.54 bits per heavy atom. The first-order valence-corrected chi connectivity index (χ1v) is 3.55. The Hall–Kier alpha value is -1.65. The highest BCUT2D eigenvalue weighted by Crippen LogP contribution is 2.31. The maximum absolute atomic E-state index is 12.9. The highest BCUT2D eigenvalue weighted by molar-refractivity contribution is 5.51. The second-order valence-corrected chi connectivity index (χ2v) is 2.48. The highest BCUT2D eigenvalue weighted by Gasteiger charge is 2.18. The van der Waals surface area contributed by atoms with Crippen LogP contribution in [0.4, 0.5) is 10.1 Å². The zero-order chi connectivity index (χ0) is 10.0. The third kappa shape index (κ3) is 1.58. The fraction of sp³-hybridized carbons (Fsp3) is 0.250. The fourth-order valence-corrected chi connectivity index (χ4v) is 1.05. The summed E-state index contributed by atoms with van der Waals surface area (Å²) in [6, 6.07) is 2.14. The molecule has 0 aliphatic rings. The molecule has 0 N–H and O–H groups in total. The molecule has 1 rings (SSSR count). The number of nitrogens with zero attached hydrogens (tertiary/aromatic N) is 1. The summed E-state index contributed by atoms with van der Waals surface area (Å²) in [4.78, 5) is 9.84. The molecule has 0 unspecified atom stereocenters. The van der Waals surface area contributed by atoms with E-state index in [0.29, 0.717) is 0 Å². The SMILES string of the molecule is COc1c([N+](=O)[O-])ccc(F)c1C. The number of nitro benzene ring substituents is 1. The van der Waals surface area contributed by atoms with E-state index >= 15 is 0 Å². The molecule has 4 nitrogen and oxygen atoms in total. The summed E-state index contributed by atoms with van der Waals surface area (Å²) in [7, 11) is 1.27. The van der Waals surface area contributed by atoms with Crippen LogP contribution in [-0.4, -0.2) is 12.0 Å². The molecular formula is C8H8FNO3. The van der Waals surface area contributed by atoms with Gasteiger partial charge in [-0.05, 0) is 13.0 Å². The van der Waals surface area contributed by atoms with Crippen molar-refractivity contribution in [1.29, 1.82) is 0 Å². The summed E-state index contributed by atoms with van der Waals surface area (Å²) in [5.41, 5.74) is -0.0712. The van der Waals surface area contributed by atoms with Crippen LogP contribution in [0, 0.1) is 22.9 Å². The van der Waals surface area contributed by atoms with Crippen molar-refractivity contribution in [1.82, 2.24) is 0 Å². The first-order valence-electron chi connectivity index (χ1n) is 3.55. The summed E-state index contributed by atoms with van der Waals surface area (Å²) < 4.78 is 17.6. The van der Waals surface area contributed by atoms with Gasteiger partial charge in [-0.3, -0.25) is 10.1 Å². The largest absolute Gasteiger partial charge is 0.490 e. The van der Waals surface area contributed by atoms with E-state index in [4.69, 9.17) is 4.74 Å². The number of ether oxygens (including phenoxy) is 1.